The average Bonchev–Trinajstić information content (AvgIpc) is 2.89. The molecule has 2 aromatic rings. The van der Waals surface area contributed by atoms with Crippen molar-refractivity contribution in [1.29, 1.82) is 0 Å². The summed E-state index contributed by atoms with van der Waals surface area (Å²) in [5, 5.41) is 0.355. The molecule has 8 heteroatoms. The number of aromatic amines is 1. The van der Waals surface area contributed by atoms with Crippen LogP contribution in [0.1, 0.15) is 33.3 Å². The summed E-state index contributed by atoms with van der Waals surface area (Å²) in [7, 11) is -1.09. The third-order valence-electron chi connectivity index (χ3n) is 4.42. The lowest BCUT2D eigenvalue weighted by Gasteiger charge is -2.32. The summed E-state index contributed by atoms with van der Waals surface area (Å²) in [5.74, 6) is 0. The number of nitrogens with zero attached hydrogens (tertiary/aromatic N) is 1. The van der Waals surface area contributed by atoms with Crippen LogP contribution in [-0.4, -0.2) is 28.3 Å². The highest BCUT2D eigenvalue weighted by Gasteiger charge is 2.54. The van der Waals surface area contributed by atoms with E-state index in [1.54, 1.807) is 40.0 Å². The van der Waals surface area contributed by atoms with Crippen molar-refractivity contribution >= 4 is 23.6 Å². The summed E-state index contributed by atoms with van der Waals surface area (Å²) in [6.07, 6.45) is -2.16. The van der Waals surface area contributed by atoms with E-state index in [1.165, 1.54) is 0 Å². The number of halogens is 3. The Morgan fingerprint density at radius 2 is 1.73 bits per heavy atom. The van der Waals surface area contributed by atoms with Crippen molar-refractivity contribution in [2.45, 2.75) is 45.1 Å². The minimum atomic E-state index is -4.53. The summed E-state index contributed by atoms with van der Waals surface area (Å²) in [6, 6.07) is 1.55. The lowest BCUT2D eigenvalue weighted by atomic mass is 9.74. The van der Waals surface area contributed by atoms with Gasteiger partial charge in [0.15, 0.2) is 0 Å². The van der Waals surface area contributed by atoms with Gasteiger partial charge in [-0.3, -0.25) is 0 Å². The molecule has 1 N–H and O–H groups in total. The fourth-order valence-electron chi connectivity index (χ4n) is 2.47. The Bertz CT molecular complexity index is 708. The van der Waals surface area contributed by atoms with Gasteiger partial charge in [0.25, 0.3) is 0 Å². The van der Waals surface area contributed by atoms with E-state index in [1.807, 2.05) is 0 Å². The van der Waals surface area contributed by atoms with Crippen LogP contribution in [0.4, 0.5) is 13.2 Å². The molecule has 3 heterocycles. The Balaban J connectivity index is 2.20. The van der Waals surface area contributed by atoms with Gasteiger partial charge < -0.3 is 14.3 Å². The van der Waals surface area contributed by atoms with Crippen LogP contribution in [0.5, 0.6) is 0 Å². The van der Waals surface area contributed by atoms with Gasteiger partial charge in [-0.1, -0.05) is 0 Å². The SMILES string of the molecule is CC1(C)OB(c2c(C(F)(F)F)cnc3[nH]ccc23)OC1(C)C. The van der Waals surface area contributed by atoms with Gasteiger partial charge >= 0.3 is 13.3 Å². The van der Waals surface area contributed by atoms with Crippen molar-refractivity contribution in [2.24, 2.45) is 0 Å². The van der Waals surface area contributed by atoms with E-state index < -0.39 is 30.1 Å². The molecule has 1 aliphatic rings. The average molecular weight is 312 g/mol. The number of nitrogens with one attached hydrogen (secondary N) is 1. The summed E-state index contributed by atoms with van der Waals surface area (Å²) in [5.41, 5.74) is -1.92. The van der Waals surface area contributed by atoms with Gasteiger partial charge in [0.2, 0.25) is 0 Å². The zero-order valence-corrected chi connectivity index (χ0v) is 12.7. The molecule has 0 saturated carbocycles. The smallest absolute Gasteiger partial charge is 0.399 e. The van der Waals surface area contributed by atoms with E-state index in [0.29, 0.717) is 11.0 Å². The first-order valence-corrected chi connectivity index (χ1v) is 6.92. The van der Waals surface area contributed by atoms with Crippen LogP contribution in [0, 0.1) is 0 Å². The monoisotopic (exact) mass is 312 g/mol. The van der Waals surface area contributed by atoms with Crippen LogP contribution >= 0.6 is 0 Å². The molecule has 0 spiro atoms. The van der Waals surface area contributed by atoms with Gasteiger partial charge in [0, 0.05) is 23.2 Å². The van der Waals surface area contributed by atoms with Crippen LogP contribution in [0.3, 0.4) is 0 Å². The molecule has 0 amide bonds. The molecule has 2 aromatic heterocycles. The number of H-pyrrole nitrogens is 1. The fraction of sp³-hybridized carbons (Fsp3) is 0.500. The third-order valence-corrected chi connectivity index (χ3v) is 4.42. The van der Waals surface area contributed by atoms with E-state index in [9.17, 15) is 13.2 Å². The van der Waals surface area contributed by atoms with Gasteiger partial charge in [-0.15, -0.1) is 0 Å². The summed E-state index contributed by atoms with van der Waals surface area (Å²) < 4.78 is 51.7. The molecule has 0 bridgehead atoms. The highest BCUT2D eigenvalue weighted by Crippen LogP contribution is 2.38. The summed E-state index contributed by atoms with van der Waals surface area (Å²) >= 11 is 0. The van der Waals surface area contributed by atoms with Gasteiger partial charge in [0.1, 0.15) is 5.65 Å². The van der Waals surface area contributed by atoms with Crippen LogP contribution in [0.2, 0.25) is 0 Å². The molecular weight excluding hydrogens is 296 g/mol. The fourth-order valence-corrected chi connectivity index (χ4v) is 2.47. The normalized spacial score (nSPS) is 20.8. The molecule has 1 fully saturated rings. The van der Waals surface area contributed by atoms with Gasteiger partial charge in [-0.2, -0.15) is 13.2 Å². The number of hydrogen-bond acceptors (Lipinski definition) is 3. The number of pyridine rings is 1. The van der Waals surface area contributed by atoms with Crippen molar-refractivity contribution in [1.82, 2.24) is 9.97 Å². The summed E-state index contributed by atoms with van der Waals surface area (Å²) in [4.78, 5) is 6.64. The van der Waals surface area contributed by atoms with E-state index in [-0.39, 0.29) is 5.46 Å². The molecule has 0 aromatic carbocycles. The highest BCUT2D eigenvalue weighted by molar-refractivity contribution is 6.65. The first kappa shape index (κ1) is 15.4. The minimum Gasteiger partial charge on any atom is -0.399 e. The van der Waals surface area contributed by atoms with E-state index in [2.05, 4.69) is 9.97 Å². The molecule has 0 atom stereocenters. The van der Waals surface area contributed by atoms with E-state index >= 15 is 0 Å². The molecular formula is C14H16BF3N2O2. The van der Waals surface area contributed by atoms with Crippen LogP contribution in [0.15, 0.2) is 18.5 Å². The molecule has 1 aliphatic heterocycles. The zero-order chi connectivity index (χ0) is 16.3. The lowest BCUT2D eigenvalue weighted by molar-refractivity contribution is -0.137. The number of rotatable bonds is 1. The molecule has 4 nitrogen and oxygen atoms in total. The Hall–Kier alpha value is -1.54. The molecule has 0 unspecified atom stereocenters. The number of hydrogen-bond donors (Lipinski definition) is 1. The van der Waals surface area contributed by atoms with Crippen molar-refractivity contribution in [3.8, 4) is 0 Å². The molecule has 0 aliphatic carbocycles. The lowest BCUT2D eigenvalue weighted by Crippen LogP contribution is -2.41. The van der Waals surface area contributed by atoms with Crippen molar-refractivity contribution in [3.63, 3.8) is 0 Å². The van der Waals surface area contributed by atoms with Gasteiger partial charge in [-0.25, -0.2) is 4.98 Å². The van der Waals surface area contributed by atoms with Gasteiger partial charge in [0.05, 0.1) is 16.8 Å². The first-order chi connectivity index (χ1) is 10.0. The molecule has 22 heavy (non-hydrogen) atoms. The zero-order valence-electron chi connectivity index (χ0n) is 12.7. The Kier molecular flexibility index (Phi) is 3.13. The second kappa shape index (κ2) is 4.49. The molecule has 1 saturated heterocycles. The molecule has 0 radical (unpaired) electrons. The van der Waals surface area contributed by atoms with E-state index in [4.69, 9.17) is 9.31 Å². The largest absolute Gasteiger partial charge is 0.496 e. The predicted octanol–water partition coefficient (Wildman–Crippen LogP) is 2.88. The second-order valence-corrected chi connectivity index (χ2v) is 6.41. The maximum atomic E-state index is 13.4. The summed E-state index contributed by atoms with van der Waals surface area (Å²) in [6.45, 7) is 7.21. The predicted molar refractivity (Wildman–Crippen MR) is 76.8 cm³/mol. The molecule has 3 rings (SSSR count). The standard InChI is InChI=1S/C14H16BF3N2O2/c1-12(2)13(3,4)22-15(21-12)10-8-5-6-19-11(8)20-7-9(10)14(16,17)18/h5-7H,1-4H3,(H,19,20). The van der Waals surface area contributed by atoms with Crippen LogP contribution in [-0.2, 0) is 15.5 Å². The molecule has 118 valence electrons. The number of fused-ring (bicyclic) bond motifs is 1. The first-order valence-electron chi connectivity index (χ1n) is 6.92. The van der Waals surface area contributed by atoms with E-state index in [0.717, 1.165) is 6.20 Å². The highest BCUT2D eigenvalue weighted by atomic mass is 19.4. The quantitative estimate of drug-likeness (QED) is 0.824. The minimum absolute atomic E-state index is 0.0302. The van der Waals surface area contributed by atoms with Crippen LogP contribution < -0.4 is 5.46 Å². The van der Waals surface area contributed by atoms with Crippen molar-refractivity contribution < 1.29 is 22.5 Å². The van der Waals surface area contributed by atoms with Crippen molar-refractivity contribution in [3.05, 3.63) is 24.0 Å². The number of aromatic nitrogens is 2. The third kappa shape index (κ3) is 2.21. The Morgan fingerprint density at radius 1 is 1.14 bits per heavy atom. The van der Waals surface area contributed by atoms with Crippen molar-refractivity contribution in [2.75, 3.05) is 0 Å². The maximum absolute atomic E-state index is 13.4. The second-order valence-electron chi connectivity index (χ2n) is 6.41. The number of alkyl halides is 3. The Morgan fingerprint density at radius 3 is 2.27 bits per heavy atom. The Labute approximate surface area is 126 Å². The maximum Gasteiger partial charge on any atom is 0.496 e. The van der Waals surface area contributed by atoms with Crippen LogP contribution in [0.25, 0.3) is 11.0 Å². The van der Waals surface area contributed by atoms with Gasteiger partial charge in [-0.05, 0) is 33.8 Å². The topological polar surface area (TPSA) is 47.1 Å².